The van der Waals surface area contributed by atoms with Gasteiger partial charge in [-0.05, 0) is 25.8 Å². The molecule has 0 bridgehead atoms. The second-order valence-electron chi connectivity index (χ2n) is 5.73. The number of aliphatic carboxylic acids is 1. The van der Waals surface area contributed by atoms with Crippen molar-refractivity contribution in [2.45, 2.75) is 71.3 Å². The Hall–Kier alpha value is -0.570. The van der Waals surface area contributed by atoms with Gasteiger partial charge in [-0.25, -0.2) is 0 Å². The van der Waals surface area contributed by atoms with Crippen molar-refractivity contribution in [3.05, 3.63) is 0 Å². The van der Waals surface area contributed by atoms with Crippen LogP contribution < -0.4 is 0 Å². The Bertz CT molecular complexity index is 235. The first-order valence-electron chi connectivity index (χ1n) is 7.62. The molecule has 1 fully saturated rings. The second-order valence-corrected chi connectivity index (χ2v) is 5.73. The van der Waals surface area contributed by atoms with E-state index in [0.29, 0.717) is 12.6 Å². The van der Waals surface area contributed by atoms with Gasteiger partial charge in [0.05, 0.1) is 5.92 Å². The minimum atomic E-state index is -0.665. The molecule has 0 spiro atoms. The molecule has 0 aromatic rings. The van der Waals surface area contributed by atoms with E-state index in [-0.39, 0.29) is 5.92 Å². The van der Waals surface area contributed by atoms with Crippen LogP contribution >= 0.6 is 0 Å². The molecule has 1 aliphatic carbocycles. The highest BCUT2D eigenvalue weighted by Crippen LogP contribution is 2.22. The van der Waals surface area contributed by atoms with Crippen LogP contribution in [-0.2, 0) is 4.79 Å². The smallest absolute Gasteiger partial charge is 0.307 e. The summed E-state index contributed by atoms with van der Waals surface area (Å²) in [6.45, 7) is 5.77. The van der Waals surface area contributed by atoms with Crippen molar-refractivity contribution >= 4 is 5.97 Å². The van der Waals surface area contributed by atoms with E-state index in [0.717, 1.165) is 13.0 Å². The summed E-state index contributed by atoms with van der Waals surface area (Å²) in [4.78, 5) is 13.5. The van der Waals surface area contributed by atoms with Gasteiger partial charge in [-0.1, -0.05) is 46.0 Å². The van der Waals surface area contributed by atoms with Crippen LogP contribution in [0.4, 0.5) is 0 Å². The van der Waals surface area contributed by atoms with Gasteiger partial charge in [-0.15, -0.1) is 0 Å². The first-order valence-corrected chi connectivity index (χ1v) is 7.62. The van der Waals surface area contributed by atoms with Crippen LogP contribution in [0.15, 0.2) is 0 Å². The van der Waals surface area contributed by atoms with Gasteiger partial charge in [0, 0.05) is 12.6 Å². The Morgan fingerprint density at radius 2 is 1.78 bits per heavy atom. The standard InChI is InChI=1S/C15H29NO2/c1-3-11-16(12-13(2)15(17)18)14-9-7-5-4-6-8-10-14/h13-14H,3-12H2,1-2H3,(H,17,18). The molecule has 0 aromatic carbocycles. The molecule has 0 amide bonds. The highest BCUT2D eigenvalue weighted by molar-refractivity contribution is 5.69. The molecule has 1 N–H and O–H groups in total. The maximum atomic E-state index is 11.0. The predicted octanol–water partition coefficient (Wildman–Crippen LogP) is 3.53. The molecule has 0 aliphatic heterocycles. The topological polar surface area (TPSA) is 40.5 Å². The van der Waals surface area contributed by atoms with Crippen LogP contribution in [-0.4, -0.2) is 35.1 Å². The molecule has 1 rings (SSSR count). The molecular weight excluding hydrogens is 226 g/mol. The van der Waals surface area contributed by atoms with Crippen molar-refractivity contribution in [2.75, 3.05) is 13.1 Å². The summed E-state index contributed by atoms with van der Waals surface area (Å²) in [7, 11) is 0. The number of rotatable bonds is 6. The minimum Gasteiger partial charge on any atom is -0.481 e. The van der Waals surface area contributed by atoms with Crippen molar-refractivity contribution < 1.29 is 9.90 Å². The molecule has 18 heavy (non-hydrogen) atoms. The lowest BCUT2D eigenvalue weighted by atomic mass is 9.94. The summed E-state index contributed by atoms with van der Waals surface area (Å²) in [5.74, 6) is -0.913. The molecule has 0 saturated heterocycles. The van der Waals surface area contributed by atoms with E-state index in [9.17, 15) is 4.79 Å². The van der Waals surface area contributed by atoms with Gasteiger partial charge >= 0.3 is 5.97 Å². The molecule has 0 heterocycles. The molecule has 1 saturated carbocycles. The lowest BCUT2D eigenvalue weighted by Crippen LogP contribution is -2.40. The lowest BCUT2D eigenvalue weighted by molar-refractivity contribution is -0.142. The highest BCUT2D eigenvalue weighted by Gasteiger charge is 2.22. The van der Waals surface area contributed by atoms with Crippen LogP contribution in [0.1, 0.15) is 65.2 Å². The summed E-state index contributed by atoms with van der Waals surface area (Å²) in [6, 6.07) is 0.618. The third kappa shape index (κ3) is 5.38. The molecule has 0 radical (unpaired) electrons. The first kappa shape index (κ1) is 15.5. The van der Waals surface area contributed by atoms with Crippen molar-refractivity contribution in [3.8, 4) is 0 Å². The molecular formula is C15H29NO2. The summed E-state index contributed by atoms with van der Waals surface area (Å²) in [5.41, 5.74) is 0. The molecule has 1 unspecified atom stereocenters. The fourth-order valence-electron chi connectivity index (χ4n) is 2.94. The largest absolute Gasteiger partial charge is 0.481 e. The van der Waals surface area contributed by atoms with Crippen LogP contribution in [0.2, 0.25) is 0 Å². The van der Waals surface area contributed by atoms with Gasteiger partial charge < -0.3 is 5.11 Å². The number of carbonyl (C=O) groups is 1. The third-order valence-electron chi connectivity index (χ3n) is 4.03. The van der Waals surface area contributed by atoms with Gasteiger partial charge in [0.25, 0.3) is 0 Å². The zero-order chi connectivity index (χ0) is 13.4. The molecule has 3 nitrogen and oxygen atoms in total. The Labute approximate surface area is 112 Å². The van der Waals surface area contributed by atoms with Crippen molar-refractivity contribution in [2.24, 2.45) is 5.92 Å². The normalized spacial score (nSPS) is 20.4. The third-order valence-corrected chi connectivity index (χ3v) is 4.03. The van der Waals surface area contributed by atoms with Gasteiger partial charge in [-0.2, -0.15) is 0 Å². The van der Waals surface area contributed by atoms with Crippen LogP contribution in [0, 0.1) is 5.92 Å². The van der Waals surface area contributed by atoms with Gasteiger partial charge in [0.1, 0.15) is 0 Å². The molecule has 1 atom stereocenters. The average molecular weight is 255 g/mol. The summed E-state index contributed by atoms with van der Waals surface area (Å²) < 4.78 is 0. The lowest BCUT2D eigenvalue weighted by Gasteiger charge is -2.34. The zero-order valence-corrected chi connectivity index (χ0v) is 12.0. The van der Waals surface area contributed by atoms with Gasteiger partial charge in [-0.3, -0.25) is 9.69 Å². The van der Waals surface area contributed by atoms with Crippen molar-refractivity contribution in [3.63, 3.8) is 0 Å². The average Bonchev–Trinajstić information content (AvgIpc) is 2.27. The number of hydrogen-bond acceptors (Lipinski definition) is 2. The number of nitrogens with zero attached hydrogens (tertiary/aromatic N) is 1. The summed E-state index contributed by atoms with van der Waals surface area (Å²) in [6.07, 6.45) is 10.3. The van der Waals surface area contributed by atoms with Crippen molar-refractivity contribution in [1.82, 2.24) is 4.90 Å². The predicted molar refractivity (Wildman–Crippen MR) is 74.8 cm³/mol. The molecule has 3 heteroatoms. The molecule has 0 aromatic heterocycles. The second kappa shape index (κ2) is 8.52. The SMILES string of the molecule is CCCN(CC(C)C(=O)O)C1CCCCCCC1. The number of carboxylic acids is 1. The Morgan fingerprint density at radius 3 is 2.28 bits per heavy atom. The van der Waals surface area contributed by atoms with E-state index in [1.165, 1.54) is 44.9 Å². The fraction of sp³-hybridized carbons (Fsp3) is 0.933. The summed E-state index contributed by atoms with van der Waals surface area (Å²) >= 11 is 0. The fourth-order valence-corrected chi connectivity index (χ4v) is 2.94. The van der Waals surface area contributed by atoms with E-state index in [4.69, 9.17) is 5.11 Å². The Balaban J connectivity index is 2.54. The minimum absolute atomic E-state index is 0.248. The van der Waals surface area contributed by atoms with E-state index >= 15 is 0 Å². The Morgan fingerprint density at radius 1 is 1.22 bits per heavy atom. The van der Waals surface area contributed by atoms with E-state index in [1.54, 1.807) is 0 Å². The monoisotopic (exact) mass is 255 g/mol. The number of hydrogen-bond donors (Lipinski definition) is 1. The van der Waals surface area contributed by atoms with E-state index in [2.05, 4.69) is 11.8 Å². The van der Waals surface area contributed by atoms with Crippen LogP contribution in [0.5, 0.6) is 0 Å². The molecule has 1 aliphatic rings. The van der Waals surface area contributed by atoms with Crippen molar-refractivity contribution in [1.29, 1.82) is 0 Å². The zero-order valence-electron chi connectivity index (χ0n) is 12.0. The van der Waals surface area contributed by atoms with E-state index in [1.807, 2.05) is 6.92 Å². The van der Waals surface area contributed by atoms with Gasteiger partial charge in [0.2, 0.25) is 0 Å². The Kier molecular flexibility index (Phi) is 7.33. The maximum absolute atomic E-state index is 11.0. The van der Waals surface area contributed by atoms with Crippen LogP contribution in [0.25, 0.3) is 0 Å². The van der Waals surface area contributed by atoms with Crippen LogP contribution in [0.3, 0.4) is 0 Å². The first-order chi connectivity index (χ1) is 8.65. The van der Waals surface area contributed by atoms with E-state index < -0.39 is 5.97 Å². The molecule has 106 valence electrons. The van der Waals surface area contributed by atoms with Gasteiger partial charge in [0.15, 0.2) is 0 Å². The highest BCUT2D eigenvalue weighted by atomic mass is 16.4. The number of carboxylic acid groups (broad SMARTS) is 1. The maximum Gasteiger partial charge on any atom is 0.307 e. The summed E-state index contributed by atoms with van der Waals surface area (Å²) in [5, 5.41) is 9.07. The quantitative estimate of drug-likeness (QED) is 0.789.